The Hall–Kier alpha value is -0.830. The number of nitrogens with one attached hydrogen (secondary N) is 1. The second-order valence-corrected chi connectivity index (χ2v) is 5.19. The zero-order chi connectivity index (χ0) is 13.6. The van der Waals surface area contributed by atoms with Gasteiger partial charge in [0.05, 0.1) is 0 Å². The number of rotatable bonds is 6. The summed E-state index contributed by atoms with van der Waals surface area (Å²) in [7, 11) is 0. The van der Waals surface area contributed by atoms with Crippen LogP contribution in [0.15, 0.2) is 24.3 Å². The van der Waals surface area contributed by atoms with E-state index in [9.17, 15) is 4.79 Å². The summed E-state index contributed by atoms with van der Waals surface area (Å²) < 4.78 is 0. The summed E-state index contributed by atoms with van der Waals surface area (Å²) in [6.07, 6.45) is 2.89. The summed E-state index contributed by atoms with van der Waals surface area (Å²) in [5.74, 6) is 0.0293. The fraction of sp³-hybridized carbons (Fsp3) is 0.533. The highest BCUT2D eigenvalue weighted by Crippen LogP contribution is 2.20. The third-order valence-corrected chi connectivity index (χ3v) is 4.43. The molecule has 0 aromatic heterocycles. The summed E-state index contributed by atoms with van der Waals surface area (Å²) in [6, 6.07) is 7.74. The molecular formula is C15H22BrNO. The van der Waals surface area contributed by atoms with Crippen LogP contribution in [0.2, 0.25) is 0 Å². The molecule has 0 saturated heterocycles. The predicted molar refractivity (Wildman–Crippen MR) is 80.1 cm³/mol. The largest absolute Gasteiger partial charge is 0.347 e. The molecule has 0 saturated carbocycles. The van der Waals surface area contributed by atoms with Crippen molar-refractivity contribution >= 4 is 21.8 Å². The SMILES string of the molecule is CCC(CC)(CC)NC(=O)c1ccc(CBr)cc1. The highest BCUT2D eigenvalue weighted by atomic mass is 79.9. The van der Waals surface area contributed by atoms with Crippen molar-refractivity contribution in [2.45, 2.75) is 50.9 Å². The standard InChI is InChI=1S/C15H22BrNO/c1-4-15(5-2,6-3)17-14(18)13-9-7-12(11-16)8-10-13/h7-10H,4-6,11H2,1-3H3,(H,17,18). The fourth-order valence-electron chi connectivity index (χ4n) is 2.07. The molecule has 1 aromatic rings. The van der Waals surface area contributed by atoms with Gasteiger partial charge in [-0.15, -0.1) is 0 Å². The third-order valence-electron chi connectivity index (χ3n) is 3.78. The Morgan fingerprint density at radius 1 is 1.11 bits per heavy atom. The van der Waals surface area contributed by atoms with Gasteiger partial charge in [-0.2, -0.15) is 0 Å². The first-order chi connectivity index (χ1) is 8.60. The van der Waals surface area contributed by atoms with Crippen LogP contribution >= 0.6 is 15.9 Å². The molecule has 100 valence electrons. The van der Waals surface area contributed by atoms with Gasteiger partial charge < -0.3 is 5.32 Å². The molecule has 0 atom stereocenters. The lowest BCUT2D eigenvalue weighted by molar-refractivity contribution is 0.0888. The van der Waals surface area contributed by atoms with Gasteiger partial charge in [0.1, 0.15) is 0 Å². The zero-order valence-corrected chi connectivity index (χ0v) is 13.0. The van der Waals surface area contributed by atoms with E-state index in [0.717, 1.165) is 30.2 Å². The summed E-state index contributed by atoms with van der Waals surface area (Å²) in [4.78, 5) is 12.2. The molecule has 0 aliphatic heterocycles. The maximum atomic E-state index is 12.2. The van der Waals surface area contributed by atoms with E-state index in [0.29, 0.717) is 0 Å². The summed E-state index contributed by atoms with van der Waals surface area (Å²) in [5.41, 5.74) is 1.85. The third kappa shape index (κ3) is 3.58. The van der Waals surface area contributed by atoms with Crippen LogP contribution in [0, 0.1) is 0 Å². The van der Waals surface area contributed by atoms with Gasteiger partial charge in [-0.05, 0) is 37.0 Å². The molecule has 1 aromatic carbocycles. The summed E-state index contributed by atoms with van der Waals surface area (Å²) in [6.45, 7) is 6.38. The van der Waals surface area contributed by atoms with Crippen LogP contribution < -0.4 is 5.32 Å². The molecule has 0 bridgehead atoms. The van der Waals surface area contributed by atoms with E-state index in [-0.39, 0.29) is 11.4 Å². The van der Waals surface area contributed by atoms with Crippen molar-refractivity contribution in [3.05, 3.63) is 35.4 Å². The van der Waals surface area contributed by atoms with Gasteiger partial charge in [0.25, 0.3) is 5.91 Å². The molecule has 3 heteroatoms. The van der Waals surface area contributed by atoms with Crippen molar-refractivity contribution in [1.82, 2.24) is 5.32 Å². The van der Waals surface area contributed by atoms with Gasteiger partial charge in [0.15, 0.2) is 0 Å². The van der Waals surface area contributed by atoms with Crippen molar-refractivity contribution in [2.24, 2.45) is 0 Å². The van der Waals surface area contributed by atoms with E-state index >= 15 is 0 Å². The number of carbonyl (C=O) groups excluding carboxylic acids is 1. The summed E-state index contributed by atoms with van der Waals surface area (Å²) >= 11 is 3.40. The van der Waals surface area contributed by atoms with Crippen LogP contribution in [-0.2, 0) is 5.33 Å². The minimum absolute atomic E-state index is 0.0293. The molecule has 0 unspecified atom stereocenters. The zero-order valence-electron chi connectivity index (χ0n) is 11.4. The topological polar surface area (TPSA) is 29.1 Å². The number of amides is 1. The van der Waals surface area contributed by atoms with Crippen molar-refractivity contribution < 1.29 is 4.79 Å². The first kappa shape index (κ1) is 15.2. The number of carbonyl (C=O) groups is 1. The number of hydrogen-bond donors (Lipinski definition) is 1. The smallest absolute Gasteiger partial charge is 0.251 e. The van der Waals surface area contributed by atoms with Gasteiger partial charge in [0, 0.05) is 16.4 Å². The highest BCUT2D eigenvalue weighted by Gasteiger charge is 2.26. The average Bonchev–Trinajstić information content (AvgIpc) is 2.45. The quantitative estimate of drug-likeness (QED) is 0.781. The average molecular weight is 312 g/mol. The molecule has 1 rings (SSSR count). The van der Waals surface area contributed by atoms with Gasteiger partial charge in [-0.3, -0.25) is 4.79 Å². The molecule has 1 amide bonds. The summed E-state index contributed by atoms with van der Waals surface area (Å²) in [5, 5.41) is 4.00. The van der Waals surface area contributed by atoms with E-state index in [1.54, 1.807) is 0 Å². The van der Waals surface area contributed by atoms with Crippen LogP contribution in [0.25, 0.3) is 0 Å². The molecule has 2 nitrogen and oxygen atoms in total. The predicted octanol–water partition coefficient (Wildman–Crippen LogP) is 4.28. The first-order valence-electron chi connectivity index (χ1n) is 6.58. The minimum Gasteiger partial charge on any atom is -0.347 e. The van der Waals surface area contributed by atoms with Crippen LogP contribution in [0.1, 0.15) is 56.0 Å². The molecule has 0 aliphatic carbocycles. The van der Waals surface area contributed by atoms with Crippen LogP contribution in [-0.4, -0.2) is 11.4 Å². The molecule has 18 heavy (non-hydrogen) atoms. The molecular weight excluding hydrogens is 290 g/mol. The Balaban J connectivity index is 2.80. The van der Waals surface area contributed by atoms with Gasteiger partial charge in [0.2, 0.25) is 0 Å². The monoisotopic (exact) mass is 311 g/mol. The van der Waals surface area contributed by atoms with Crippen LogP contribution in [0.3, 0.4) is 0 Å². The Labute approximate surface area is 118 Å². The van der Waals surface area contributed by atoms with E-state index < -0.39 is 0 Å². The lowest BCUT2D eigenvalue weighted by Gasteiger charge is -2.31. The highest BCUT2D eigenvalue weighted by molar-refractivity contribution is 9.08. The van der Waals surface area contributed by atoms with Crippen molar-refractivity contribution in [2.75, 3.05) is 0 Å². The number of benzene rings is 1. The normalized spacial score (nSPS) is 11.3. The van der Waals surface area contributed by atoms with E-state index in [2.05, 4.69) is 42.0 Å². The minimum atomic E-state index is -0.0643. The Morgan fingerprint density at radius 3 is 2.00 bits per heavy atom. The fourth-order valence-corrected chi connectivity index (χ4v) is 2.45. The van der Waals surface area contributed by atoms with Crippen molar-refractivity contribution in [3.63, 3.8) is 0 Å². The molecule has 0 heterocycles. The lowest BCUT2D eigenvalue weighted by Crippen LogP contribution is -2.47. The second-order valence-electron chi connectivity index (χ2n) is 4.63. The molecule has 0 aliphatic rings. The van der Waals surface area contributed by atoms with Gasteiger partial charge in [-0.1, -0.05) is 48.8 Å². The van der Waals surface area contributed by atoms with E-state index in [4.69, 9.17) is 0 Å². The number of hydrogen-bond acceptors (Lipinski definition) is 1. The van der Waals surface area contributed by atoms with E-state index in [1.807, 2.05) is 24.3 Å². The van der Waals surface area contributed by atoms with Gasteiger partial charge in [-0.25, -0.2) is 0 Å². The lowest BCUT2D eigenvalue weighted by atomic mass is 9.89. The molecule has 0 spiro atoms. The Morgan fingerprint density at radius 2 is 1.61 bits per heavy atom. The molecule has 0 fully saturated rings. The van der Waals surface area contributed by atoms with E-state index in [1.165, 1.54) is 5.56 Å². The Kier molecular flexibility index (Phi) is 5.86. The Bertz CT molecular complexity index is 374. The number of halogens is 1. The van der Waals surface area contributed by atoms with Crippen LogP contribution in [0.5, 0.6) is 0 Å². The maximum Gasteiger partial charge on any atom is 0.251 e. The second kappa shape index (κ2) is 6.93. The van der Waals surface area contributed by atoms with Gasteiger partial charge >= 0.3 is 0 Å². The first-order valence-corrected chi connectivity index (χ1v) is 7.70. The van der Waals surface area contributed by atoms with Crippen LogP contribution in [0.4, 0.5) is 0 Å². The molecule has 0 radical (unpaired) electrons. The van der Waals surface area contributed by atoms with Crippen molar-refractivity contribution in [1.29, 1.82) is 0 Å². The van der Waals surface area contributed by atoms with Crippen molar-refractivity contribution in [3.8, 4) is 0 Å². The molecule has 1 N–H and O–H groups in total. The number of alkyl halides is 1. The maximum absolute atomic E-state index is 12.2.